The molecule has 0 aliphatic rings. The van der Waals surface area contributed by atoms with E-state index in [4.69, 9.17) is 5.73 Å². The van der Waals surface area contributed by atoms with E-state index in [1.165, 1.54) is 0 Å². The van der Waals surface area contributed by atoms with Crippen molar-refractivity contribution < 1.29 is 0 Å². The first-order valence-electron chi connectivity index (χ1n) is 5.05. The summed E-state index contributed by atoms with van der Waals surface area (Å²) in [5.41, 5.74) is 6.92. The number of thioether (sulfide) groups is 1. The zero-order chi connectivity index (χ0) is 11.4. The summed E-state index contributed by atoms with van der Waals surface area (Å²) in [6, 6.07) is 3.97. The summed E-state index contributed by atoms with van der Waals surface area (Å²) in [7, 11) is 1.98. The summed E-state index contributed by atoms with van der Waals surface area (Å²) < 4.78 is 1.99. The topological polar surface area (TPSA) is 56.7 Å². The summed E-state index contributed by atoms with van der Waals surface area (Å²) in [5.74, 6) is 0. The van der Waals surface area contributed by atoms with Gasteiger partial charge in [0.1, 0.15) is 0 Å². The Labute approximate surface area is 98.9 Å². The molecule has 2 N–H and O–H groups in total. The van der Waals surface area contributed by atoms with Crippen LogP contribution in [0.5, 0.6) is 0 Å². The Morgan fingerprint density at radius 3 is 2.94 bits per heavy atom. The zero-order valence-corrected chi connectivity index (χ0v) is 9.89. The molecule has 2 rings (SSSR count). The van der Waals surface area contributed by atoms with E-state index in [2.05, 4.69) is 9.97 Å². The number of hydrogen-bond donors (Lipinski definition) is 1. The molecule has 0 saturated carbocycles. The normalized spacial score (nSPS) is 12.6. The molecule has 0 aromatic carbocycles. The van der Waals surface area contributed by atoms with Gasteiger partial charge in [-0.15, -0.1) is 0 Å². The molecule has 5 heteroatoms. The average Bonchev–Trinajstić information content (AvgIpc) is 2.73. The van der Waals surface area contributed by atoms with Crippen LogP contribution in [0.2, 0.25) is 0 Å². The van der Waals surface area contributed by atoms with E-state index in [-0.39, 0.29) is 5.25 Å². The number of aromatic nitrogens is 3. The Kier molecular flexibility index (Phi) is 3.58. The first-order valence-corrected chi connectivity index (χ1v) is 5.93. The molecule has 0 amide bonds. The quantitative estimate of drug-likeness (QED) is 0.816. The fourth-order valence-electron chi connectivity index (χ4n) is 1.41. The van der Waals surface area contributed by atoms with Gasteiger partial charge in [0, 0.05) is 38.4 Å². The molecule has 0 fully saturated rings. The molecule has 4 nitrogen and oxygen atoms in total. The second kappa shape index (κ2) is 5.14. The van der Waals surface area contributed by atoms with Gasteiger partial charge in [-0.1, -0.05) is 17.8 Å². The van der Waals surface area contributed by atoms with E-state index < -0.39 is 0 Å². The molecular formula is C11H14N4S. The standard InChI is InChI=1S/C11H14N4S/c1-15-6-5-14-11(15)16-10(7-12)9-3-2-4-13-8-9/h2-6,8,10H,7,12H2,1H3. The van der Waals surface area contributed by atoms with Crippen LogP contribution in [0.25, 0.3) is 0 Å². The van der Waals surface area contributed by atoms with Crippen molar-refractivity contribution in [2.45, 2.75) is 10.4 Å². The maximum atomic E-state index is 5.79. The molecule has 0 radical (unpaired) electrons. The monoisotopic (exact) mass is 234 g/mol. The first kappa shape index (κ1) is 11.2. The largest absolute Gasteiger partial charge is 0.329 e. The van der Waals surface area contributed by atoms with Crippen LogP contribution in [0, 0.1) is 0 Å². The van der Waals surface area contributed by atoms with E-state index in [0.29, 0.717) is 6.54 Å². The van der Waals surface area contributed by atoms with Crippen molar-refractivity contribution in [2.24, 2.45) is 12.8 Å². The van der Waals surface area contributed by atoms with Crippen molar-refractivity contribution >= 4 is 11.8 Å². The summed E-state index contributed by atoms with van der Waals surface area (Å²) in [6.07, 6.45) is 7.34. The molecule has 0 saturated heterocycles. The fraction of sp³-hybridized carbons (Fsp3) is 0.273. The molecule has 2 aromatic heterocycles. The number of rotatable bonds is 4. The minimum atomic E-state index is 0.204. The Morgan fingerprint density at radius 1 is 1.50 bits per heavy atom. The van der Waals surface area contributed by atoms with Gasteiger partial charge in [0.25, 0.3) is 0 Å². The van der Waals surface area contributed by atoms with Crippen LogP contribution in [-0.2, 0) is 7.05 Å². The Morgan fingerprint density at radius 2 is 2.38 bits per heavy atom. The highest BCUT2D eigenvalue weighted by Gasteiger charge is 2.13. The van der Waals surface area contributed by atoms with Gasteiger partial charge in [-0.05, 0) is 11.6 Å². The minimum absolute atomic E-state index is 0.204. The lowest BCUT2D eigenvalue weighted by Crippen LogP contribution is -2.10. The Bertz CT molecular complexity index is 440. The van der Waals surface area contributed by atoms with Gasteiger partial charge in [-0.25, -0.2) is 4.98 Å². The molecule has 84 valence electrons. The molecule has 0 bridgehead atoms. The summed E-state index contributed by atoms with van der Waals surface area (Å²) in [4.78, 5) is 8.39. The lowest BCUT2D eigenvalue weighted by molar-refractivity contribution is 0.782. The smallest absolute Gasteiger partial charge is 0.168 e. The van der Waals surface area contributed by atoms with Crippen molar-refractivity contribution in [3.8, 4) is 0 Å². The lowest BCUT2D eigenvalue weighted by Gasteiger charge is -2.13. The van der Waals surface area contributed by atoms with Gasteiger partial charge < -0.3 is 10.3 Å². The number of nitrogens with zero attached hydrogens (tertiary/aromatic N) is 3. The van der Waals surface area contributed by atoms with Gasteiger partial charge in [-0.3, -0.25) is 4.98 Å². The maximum Gasteiger partial charge on any atom is 0.168 e. The first-order chi connectivity index (χ1) is 7.81. The number of hydrogen-bond acceptors (Lipinski definition) is 4. The minimum Gasteiger partial charge on any atom is -0.329 e. The van der Waals surface area contributed by atoms with Gasteiger partial charge in [0.2, 0.25) is 0 Å². The van der Waals surface area contributed by atoms with E-state index in [1.54, 1.807) is 24.2 Å². The fourth-order valence-corrected chi connectivity index (χ4v) is 2.39. The second-order valence-electron chi connectivity index (χ2n) is 3.45. The number of pyridine rings is 1. The SMILES string of the molecule is Cn1ccnc1SC(CN)c1cccnc1. The van der Waals surface area contributed by atoms with Gasteiger partial charge in [0.15, 0.2) is 5.16 Å². The molecule has 16 heavy (non-hydrogen) atoms. The van der Waals surface area contributed by atoms with Crippen molar-refractivity contribution in [2.75, 3.05) is 6.54 Å². The second-order valence-corrected chi connectivity index (χ2v) is 4.62. The van der Waals surface area contributed by atoms with Crippen LogP contribution in [0.3, 0.4) is 0 Å². The van der Waals surface area contributed by atoms with E-state index in [9.17, 15) is 0 Å². The number of nitrogens with two attached hydrogens (primary N) is 1. The third-order valence-corrected chi connectivity index (χ3v) is 3.65. The van der Waals surface area contributed by atoms with E-state index in [1.807, 2.05) is 36.1 Å². The summed E-state index contributed by atoms with van der Waals surface area (Å²) in [5, 5.41) is 1.18. The molecule has 0 spiro atoms. The highest BCUT2D eigenvalue weighted by Crippen LogP contribution is 2.32. The van der Waals surface area contributed by atoms with Crippen molar-refractivity contribution in [3.63, 3.8) is 0 Å². The molecule has 1 atom stereocenters. The van der Waals surface area contributed by atoms with E-state index >= 15 is 0 Å². The maximum absolute atomic E-state index is 5.79. The van der Waals surface area contributed by atoms with Crippen LogP contribution >= 0.6 is 11.8 Å². The molecule has 2 heterocycles. The molecule has 2 aromatic rings. The highest BCUT2D eigenvalue weighted by atomic mass is 32.2. The molecule has 0 aliphatic carbocycles. The number of imidazole rings is 1. The van der Waals surface area contributed by atoms with Crippen LogP contribution < -0.4 is 5.73 Å². The van der Waals surface area contributed by atoms with Crippen LogP contribution in [-0.4, -0.2) is 21.1 Å². The van der Waals surface area contributed by atoms with Crippen LogP contribution in [0.4, 0.5) is 0 Å². The molecule has 0 aliphatic heterocycles. The average molecular weight is 234 g/mol. The highest BCUT2D eigenvalue weighted by molar-refractivity contribution is 7.99. The predicted octanol–water partition coefficient (Wildman–Crippen LogP) is 1.61. The van der Waals surface area contributed by atoms with Crippen molar-refractivity contribution in [1.82, 2.24) is 14.5 Å². The molecular weight excluding hydrogens is 220 g/mol. The van der Waals surface area contributed by atoms with E-state index in [0.717, 1.165) is 10.7 Å². The zero-order valence-electron chi connectivity index (χ0n) is 9.08. The lowest BCUT2D eigenvalue weighted by atomic mass is 10.2. The number of aryl methyl sites for hydroxylation is 1. The summed E-state index contributed by atoms with van der Waals surface area (Å²) >= 11 is 1.66. The van der Waals surface area contributed by atoms with Crippen LogP contribution in [0.1, 0.15) is 10.8 Å². The third kappa shape index (κ3) is 2.43. The third-order valence-electron chi connectivity index (χ3n) is 2.29. The van der Waals surface area contributed by atoms with Crippen molar-refractivity contribution in [1.29, 1.82) is 0 Å². The molecule has 1 unspecified atom stereocenters. The summed E-state index contributed by atoms with van der Waals surface area (Å²) in [6.45, 7) is 0.573. The predicted molar refractivity (Wildman–Crippen MR) is 65.1 cm³/mol. The van der Waals surface area contributed by atoms with Crippen molar-refractivity contribution in [3.05, 3.63) is 42.5 Å². The van der Waals surface area contributed by atoms with Gasteiger partial charge in [-0.2, -0.15) is 0 Å². The Balaban J connectivity index is 2.16. The van der Waals surface area contributed by atoms with Crippen LogP contribution in [0.15, 0.2) is 42.1 Å². The van der Waals surface area contributed by atoms with Gasteiger partial charge >= 0.3 is 0 Å². The Hall–Kier alpha value is -1.33. The van der Waals surface area contributed by atoms with Gasteiger partial charge in [0.05, 0.1) is 5.25 Å².